The zero-order chi connectivity index (χ0) is 15.6. The number of hydrogen-bond donors (Lipinski definition) is 1. The highest BCUT2D eigenvalue weighted by molar-refractivity contribution is 5.95. The van der Waals surface area contributed by atoms with Gasteiger partial charge < -0.3 is 19.7 Å². The van der Waals surface area contributed by atoms with Gasteiger partial charge in [-0.3, -0.25) is 4.79 Å². The van der Waals surface area contributed by atoms with E-state index in [2.05, 4.69) is 5.32 Å². The number of nitrogens with zero attached hydrogens (tertiary/aromatic N) is 1. The van der Waals surface area contributed by atoms with Gasteiger partial charge >= 0.3 is 0 Å². The predicted molar refractivity (Wildman–Crippen MR) is 91.9 cm³/mol. The molecule has 2 aliphatic rings. The number of rotatable bonds is 3. The zero-order valence-corrected chi connectivity index (χ0v) is 14.6. The van der Waals surface area contributed by atoms with Gasteiger partial charge in [-0.25, -0.2) is 0 Å². The lowest BCUT2D eigenvalue weighted by Crippen LogP contribution is -2.44. The Morgan fingerprint density at radius 3 is 2.17 bits per heavy atom. The number of carbonyl (C=O) groups excluding carboxylic acids is 1. The van der Waals surface area contributed by atoms with E-state index in [0.29, 0.717) is 22.5 Å². The Morgan fingerprint density at radius 1 is 1.09 bits per heavy atom. The minimum absolute atomic E-state index is 0. The minimum atomic E-state index is 0. The topological polar surface area (TPSA) is 50.8 Å². The van der Waals surface area contributed by atoms with Crippen LogP contribution in [0.1, 0.15) is 29.6 Å². The van der Waals surface area contributed by atoms with E-state index in [4.69, 9.17) is 9.47 Å². The van der Waals surface area contributed by atoms with Crippen molar-refractivity contribution in [2.24, 2.45) is 5.41 Å². The van der Waals surface area contributed by atoms with Gasteiger partial charge in [0.1, 0.15) is 11.5 Å². The van der Waals surface area contributed by atoms with Crippen molar-refractivity contribution in [3.05, 3.63) is 23.8 Å². The molecule has 0 saturated carbocycles. The highest BCUT2D eigenvalue weighted by atomic mass is 35.5. The van der Waals surface area contributed by atoms with Crippen LogP contribution in [-0.2, 0) is 0 Å². The molecule has 0 radical (unpaired) electrons. The normalized spacial score (nSPS) is 19.3. The van der Waals surface area contributed by atoms with Gasteiger partial charge in [-0.15, -0.1) is 12.4 Å². The van der Waals surface area contributed by atoms with Crippen molar-refractivity contribution < 1.29 is 14.3 Å². The number of ether oxygens (including phenoxy) is 2. The van der Waals surface area contributed by atoms with Crippen molar-refractivity contribution in [2.45, 2.75) is 19.3 Å². The second kappa shape index (κ2) is 7.41. The number of benzene rings is 1. The van der Waals surface area contributed by atoms with Gasteiger partial charge in [-0.1, -0.05) is 0 Å². The predicted octanol–water partition coefficient (Wildman–Crippen LogP) is 2.34. The summed E-state index contributed by atoms with van der Waals surface area (Å²) < 4.78 is 10.5. The summed E-state index contributed by atoms with van der Waals surface area (Å²) in [5.41, 5.74) is 1.06. The molecule has 2 aliphatic heterocycles. The summed E-state index contributed by atoms with van der Waals surface area (Å²) in [6.45, 7) is 3.88. The largest absolute Gasteiger partial charge is 0.497 e. The van der Waals surface area contributed by atoms with Crippen molar-refractivity contribution in [1.82, 2.24) is 10.2 Å². The highest BCUT2D eigenvalue weighted by Crippen LogP contribution is 2.37. The molecule has 0 atom stereocenters. The summed E-state index contributed by atoms with van der Waals surface area (Å²) in [5, 5.41) is 3.45. The van der Waals surface area contributed by atoms with Crippen molar-refractivity contribution in [3.8, 4) is 11.5 Å². The molecule has 5 nitrogen and oxygen atoms in total. The molecule has 2 saturated heterocycles. The van der Waals surface area contributed by atoms with E-state index in [-0.39, 0.29) is 18.3 Å². The lowest BCUT2D eigenvalue weighted by atomic mass is 9.78. The first-order valence-electron chi connectivity index (χ1n) is 7.89. The highest BCUT2D eigenvalue weighted by Gasteiger charge is 2.38. The number of methoxy groups -OCH3 is 2. The van der Waals surface area contributed by atoms with Gasteiger partial charge in [0.2, 0.25) is 0 Å². The van der Waals surface area contributed by atoms with Gasteiger partial charge in [-0.05, 0) is 43.4 Å². The molecule has 2 fully saturated rings. The van der Waals surface area contributed by atoms with Crippen molar-refractivity contribution in [1.29, 1.82) is 0 Å². The Bertz CT molecular complexity index is 527. The van der Waals surface area contributed by atoms with Crippen molar-refractivity contribution >= 4 is 18.3 Å². The van der Waals surface area contributed by atoms with Crippen LogP contribution in [-0.4, -0.2) is 51.2 Å². The van der Waals surface area contributed by atoms with E-state index in [9.17, 15) is 4.79 Å². The fourth-order valence-electron chi connectivity index (χ4n) is 3.52. The van der Waals surface area contributed by atoms with E-state index in [1.54, 1.807) is 32.4 Å². The molecule has 6 heteroatoms. The molecule has 0 aromatic heterocycles. The third-order valence-corrected chi connectivity index (χ3v) is 5.04. The molecular formula is C17H25ClN2O3. The Balaban J connectivity index is 0.00000192. The van der Waals surface area contributed by atoms with Gasteiger partial charge in [-0.2, -0.15) is 0 Å². The van der Waals surface area contributed by atoms with Crippen LogP contribution in [0, 0.1) is 5.41 Å². The molecule has 1 N–H and O–H groups in total. The lowest BCUT2D eigenvalue weighted by molar-refractivity contribution is 0.0607. The first kappa shape index (κ1) is 17.9. The Labute approximate surface area is 143 Å². The van der Waals surface area contributed by atoms with Crippen LogP contribution in [0.15, 0.2) is 18.2 Å². The number of nitrogens with one attached hydrogen (secondary N) is 1. The molecule has 2 heterocycles. The third-order valence-electron chi connectivity index (χ3n) is 5.04. The SMILES string of the molecule is COc1cc(OC)cc(C(=O)N2CCC3(CCNC3)CC2)c1.Cl. The lowest BCUT2D eigenvalue weighted by Gasteiger charge is -2.39. The molecule has 1 spiro atoms. The van der Waals surface area contributed by atoms with E-state index in [0.717, 1.165) is 39.0 Å². The van der Waals surface area contributed by atoms with Crippen LogP contribution in [0.25, 0.3) is 0 Å². The quantitative estimate of drug-likeness (QED) is 0.917. The van der Waals surface area contributed by atoms with E-state index >= 15 is 0 Å². The maximum absolute atomic E-state index is 12.7. The van der Waals surface area contributed by atoms with Crippen LogP contribution in [0.3, 0.4) is 0 Å². The number of likely N-dealkylation sites (tertiary alicyclic amines) is 1. The monoisotopic (exact) mass is 340 g/mol. The molecule has 128 valence electrons. The molecule has 0 unspecified atom stereocenters. The number of halogens is 1. The third kappa shape index (κ3) is 3.72. The summed E-state index contributed by atoms with van der Waals surface area (Å²) in [6.07, 6.45) is 3.42. The van der Waals surface area contributed by atoms with Gasteiger partial charge in [0.15, 0.2) is 0 Å². The number of amides is 1. The number of piperidine rings is 1. The molecular weight excluding hydrogens is 316 g/mol. The van der Waals surface area contributed by atoms with Crippen LogP contribution in [0.2, 0.25) is 0 Å². The molecule has 1 amide bonds. The molecule has 3 rings (SSSR count). The van der Waals surface area contributed by atoms with E-state index in [1.165, 1.54) is 6.42 Å². The number of carbonyl (C=O) groups is 1. The fourth-order valence-corrected chi connectivity index (χ4v) is 3.52. The van der Waals surface area contributed by atoms with Crippen LogP contribution in [0.4, 0.5) is 0 Å². The zero-order valence-electron chi connectivity index (χ0n) is 13.8. The summed E-state index contributed by atoms with van der Waals surface area (Å²) in [6, 6.07) is 5.35. The average molecular weight is 341 g/mol. The molecule has 1 aromatic carbocycles. The summed E-state index contributed by atoms with van der Waals surface area (Å²) >= 11 is 0. The smallest absolute Gasteiger partial charge is 0.254 e. The molecule has 23 heavy (non-hydrogen) atoms. The Kier molecular flexibility index (Phi) is 5.76. The second-order valence-corrected chi connectivity index (χ2v) is 6.32. The van der Waals surface area contributed by atoms with Gasteiger partial charge in [0, 0.05) is 31.3 Å². The Morgan fingerprint density at radius 2 is 1.70 bits per heavy atom. The van der Waals surface area contributed by atoms with Crippen LogP contribution in [0.5, 0.6) is 11.5 Å². The van der Waals surface area contributed by atoms with Crippen LogP contribution < -0.4 is 14.8 Å². The summed E-state index contributed by atoms with van der Waals surface area (Å²) in [5.74, 6) is 1.37. The van der Waals surface area contributed by atoms with E-state index in [1.807, 2.05) is 4.90 Å². The molecule has 1 aromatic rings. The first-order chi connectivity index (χ1) is 10.7. The van der Waals surface area contributed by atoms with Crippen LogP contribution >= 0.6 is 12.4 Å². The average Bonchev–Trinajstić information content (AvgIpc) is 3.02. The molecule has 0 aliphatic carbocycles. The van der Waals surface area contributed by atoms with Crippen molar-refractivity contribution in [3.63, 3.8) is 0 Å². The molecule has 0 bridgehead atoms. The summed E-state index contributed by atoms with van der Waals surface area (Å²) in [4.78, 5) is 14.7. The van der Waals surface area contributed by atoms with Crippen molar-refractivity contribution in [2.75, 3.05) is 40.4 Å². The maximum atomic E-state index is 12.7. The second-order valence-electron chi connectivity index (χ2n) is 6.32. The van der Waals surface area contributed by atoms with E-state index < -0.39 is 0 Å². The van der Waals surface area contributed by atoms with Gasteiger partial charge in [0.25, 0.3) is 5.91 Å². The van der Waals surface area contributed by atoms with Gasteiger partial charge in [0.05, 0.1) is 14.2 Å². The minimum Gasteiger partial charge on any atom is -0.497 e. The Hall–Kier alpha value is -1.46. The number of hydrogen-bond acceptors (Lipinski definition) is 4. The maximum Gasteiger partial charge on any atom is 0.254 e. The first-order valence-corrected chi connectivity index (χ1v) is 7.89. The standard InChI is InChI=1S/C17H24N2O3.ClH/c1-21-14-9-13(10-15(11-14)22-2)16(20)19-7-4-17(5-8-19)3-6-18-12-17;/h9-11,18H,3-8,12H2,1-2H3;1H. The summed E-state index contributed by atoms with van der Waals surface area (Å²) in [7, 11) is 3.20. The fraction of sp³-hybridized carbons (Fsp3) is 0.588.